The average Bonchev–Trinajstić information content (AvgIpc) is 3.49. The summed E-state index contributed by atoms with van der Waals surface area (Å²) in [5, 5.41) is 0. The number of aromatic nitrogens is 1. The van der Waals surface area contributed by atoms with Gasteiger partial charge >= 0.3 is 0 Å². The van der Waals surface area contributed by atoms with Crippen LogP contribution in [-0.2, 0) is 44.2 Å². The maximum Gasteiger partial charge on any atom is 0.259 e. The van der Waals surface area contributed by atoms with Crippen molar-refractivity contribution in [2.24, 2.45) is 7.05 Å². The zero-order chi connectivity index (χ0) is 38.8. The number of nitrogens with zero attached hydrogens (tertiary/aromatic N) is 5. The van der Waals surface area contributed by atoms with Gasteiger partial charge in [-0.25, -0.2) is 0 Å². The number of anilines is 1. The van der Waals surface area contributed by atoms with Crippen LogP contribution in [0.4, 0.5) is 5.69 Å². The zero-order valence-electron chi connectivity index (χ0n) is 32.8. The Hall–Kier alpha value is -5.67. The van der Waals surface area contributed by atoms with Gasteiger partial charge < -0.3 is 28.9 Å². The summed E-state index contributed by atoms with van der Waals surface area (Å²) in [6.07, 6.45) is 1.74. The van der Waals surface area contributed by atoms with E-state index in [-0.39, 0.29) is 23.8 Å². The maximum atomic E-state index is 14.9. The number of amides is 3. The van der Waals surface area contributed by atoms with E-state index in [1.807, 2.05) is 115 Å². The third-order valence-electron chi connectivity index (χ3n) is 11.3. The van der Waals surface area contributed by atoms with Gasteiger partial charge in [0.25, 0.3) is 11.8 Å². The molecule has 7 rings (SSSR count). The monoisotopic (exact) mass is 737 g/mol. The standard InChI is InChI=1S/C46H51N5O4/c1-31-24-34-12-10-11-13-36(34)30-51(31)46(54)42-27-37-29-50(44(52)25-33-16-18-39(19-17-33)55-23-22-47(3)4)21-20-35(37)26-41(42)43-28-40(32(2)48(43)5)45(53)49(6)38-14-8-7-9-15-38/h7-19,26-28,31H,20-25,29-30H2,1-6H3/t31-/m1/s1. The van der Waals surface area contributed by atoms with E-state index in [1.165, 1.54) is 5.56 Å². The van der Waals surface area contributed by atoms with Crippen molar-refractivity contribution in [3.8, 4) is 17.0 Å². The second-order valence-electron chi connectivity index (χ2n) is 15.2. The predicted octanol–water partition coefficient (Wildman–Crippen LogP) is 6.93. The van der Waals surface area contributed by atoms with E-state index in [9.17, 15) is 14.4 Å². The first kappa shape index (κ1) is 37.6. The zero-order valence-corrected chi connectivity index (χ0v) is 32.8. The van der Waals surface area contributed by atoms with Gasteiger partial charge in [0, 0.05) is 74.5 Å². The van der Waals surface area contributed by atoms with Gasteiger partial charge in [0.05, 0.1) is 12.0 Å². The quantitative estimate of drug-likeness (QED) is 0.155. The summed E-state index contributed by atoms with van der Waals surface area (Å²) in [6.45, 7) is 7.02. The molecule has 3 amide bonds. The largest absolute Gasteiger partial charge is 0.492 e. The third-order valence-corrected chi connectivity index (χ3v) is 11.3. The van der Waals surface area contributed by atoms with E-state index in [0.717, 1.165) is 63.6 Å². The molecule has 2 aliphatic heterocycles. The number of hydrogen-bond acceptors (Lipinski definition) is 5. The lowest BCUT2D eigenvalue weighted by atomic mass is 9.89. The summed E-state index contributed by atoms with van der Waals surface area (Å²) in [7, 11) is 7.77. The molecule has 0 saturated heterocycles. The number of ether oxygens (including phenoxy) is 1. The van der Waals surface area contributed by atoms with Crippen LogP contribution in [0.15, 0.2) is 97.1 Å². The highest BCUT2D eigenvalue weighted by Crippen LogP contribution is 2.36. The number of hydrogen-bond donors (Lipinski definition) is 0. The lowest BCUT2D eigenvalue weighted by Gasteiger charge is -2.36. The Morgan fingerprint density at radius 1 is 0.800 bits per heavy atom. The molecule has 0 unspecified atom stereocenters. The molecule has 0 radical (unpaired) electrons. The minimum Gasteiger partial charge on any atom is -0.492 e. The second kappa shape index (κ2) is 16.0. The van der Waals surface area contributed by atoms with E-state index in [0.29, 0.717) is 50.2 Å². The van der Waals surface area contributed by atoms with Gasteiger partial charge in [-0.05, 0) is 111 Å². The van der Waals surface area contributed by atoms with Crippen molar-refractivity contribution in [1.29, 1.82) is 0 Å². The average molecular weight is 738 g/mol. The van der Waals surface area contributed by atoms with Crippen molar-refractivity contribution in [3.05, 3.63) is 142 Å². The fraction of sp³-hybridized carbons (Fsp3) is 0.326. The molecule has 1 aromatic heterocycles. The van der Waals surface area contributed by atoms with Gasteiger partial charge in [0.15, 0.2) is 0 Å². The predicted molar refractivity (Wildman–Crippen MR) is 218 cm³/mol. The number of carbonyl (C=O) groups excluding carboxylic acids is 3. The summed E-state index contributed by atoms with van der Waals surface area (Å²) >= 11 is 0. The molecule has 284 valence electrons. The Kier molecular flexibility index (Phi) is 10.9. The molecule has 1 atom stereocenters. The third kappa shape index (κ3) is 7.94. The van der Waals surface area contributed by atoms with Crippen LogP contribution in [0.5, 0.6) is 5.75 Å². The Labute approximate surface area is 324 Å². The molecule has 55 heavy (non-hydrogen) atoms. The van der Waals surface area contributed by atoms with E-state index in [1.54, 1.807) is 11.9 Å². The van der Waals surface area contributed by atoms with Crippen LogP contribution in [0.1, 0.15) is 61.2 Å². The van der Waals surface area contributed by atoms with Crippen LogP contribution in [0.3, 0.4) is 0 Å². The highest BCUT2D eigenvalue weighted by Gasteiger charge is 2.32. The van der Waals surface area contributed by atoms with Crippen LogP contribution in [0.2, 0.25) is 0 Å². The molecule has 9 heteroatoms. The number of para-hydroxylation sites is 1. The number of fused-ring (bicyclic) bond motifs is 2. The molecular weight excluding hydrogens is 687 g/mol. The van der Waals surface area contributed by atoms with E-state index < -0.39 is 0 Å². The molecule has 0 saturated carbocycles. The van der Waals surface area contributed by atoms with Crippen LogP contribution >= 0.6 is 0 Å². The normalized spacial score (nSPS) is 15.1. The number of benzene rings is 4. The number of rotatable bonds is 10. The molecule has 5 aromatic rings. The highest BCUT2D eigenvalue weighted by molar-refractivity contribution is 6.08. The summed E-state index contributed by atoms with van der Waals surface area (Å²) in [5.74, 6) is 0.675. The van der Waals surface area contributed by atoms with Crippen LogP contribution in [-0.4, -0.2) is 83.9 Å². The topological polar surface area (TPSA) is 78.3 Å². The van der Waals surface area contributed by atoms with E-state index in [4.69, 9.17) is 4.74 Å². The number of carbonyl (C=O) groups is 3. The fourth-order valence-corrected chi connectivity index (χ4v) is 7.78. The molecule has 0 bridgehead atoms. The summed E-state index contributed by atoms with van der Waals surface area (Å²) in [5.41, 5.74) is 9.87. The highest BCUT2D eigenvalue weighted by atomic mass is 16.5. The Balaban J connectivity index is 1.19. The van der Waals surface area contributed by atoms with Gasteiger partial charge in [-0.2, -0.15) is 0 Å². The Bertz CT molecular complexity index is 2210. The van der Waals surface area contributed by atoms with Gasteiger partial charge in [-0.15, -0.1) is 0 Å². The summed E-state index contributed by atoms with van der Waals surface area (Å²) < 4.78 is 7.86. The Morgan fingerprint density at radius 3 is 2.24 bits per heavy atom. The SMILES string of the molecule is Cc1c(C(=O)N(C)c2ccccc2)cc(-c2cc3c(cc2C(=O)N2Cc4ccccc4C[C@H]2C)CN(C(=O)Cc2ccc(OCCN(C)C)cc2)CC3)n1C. The molecular formula is C46H51N5O4. The van der Waals surface area contributed by atoms with Gasteiger partial charge in [-0.3, -0.25) is 14.4 Å². The molecule has 9 nitrogen and oxygen atoms in total. The molecule has 0 spiro atoms. The second-order valence-corrected chi connectivity index (χ2v) is 15.2. The first-order chi connectivity index (χ1) is 26.5. The van der Waals surface area contributed by atoms with Crippen LogP contribution in [0.25, 0.3) is 11.3 Å². The van der Waals surface area contributed by atoms with Crippen LogP contribution in [0, 0.1) is 6.92 Å². The summed E-state index contributed by atoms with van der Waals surface area (Å²) in [4.78, 5) is 50.1. The molecule has 0 aliphatic carbocycles. The molecule has 3 heterocycles. The van der Waals surface area contributed by atoms with E-state index in [2.05, 4.69) is 36.1 Å². The van der Waals surface area contributed by atoms with Crippen molar-refractivity contribution in [1.82, 2.24) is 19.3 Å². The van der Waals surface area contributed by atoms with Gasteiger partial charge in [0.2, 0.25) is 5.91 Å². The minimum atomic E-state index is -0.113. The molecule has 4 aromatic carbocycles. The molecule has 2 aliphatic rings. The first-order valence-corrected chi connectivity index (χ1v) is 19.2. The van der Waals surface area contributed by atoms with Gasteiger partial charge in [0.1, 0.15) is 12.4 Å². The summed E-state index contributed by atoms with van der Waals surface area (Å²) in [6, 6.07) is 31.8. The lowest BCUT2D eigenvalue weighted by Crippen LogP contribution is -2.43. The van der Waals surface area contributed by atoms with Crippen LogP contribution < -0.4 is 9.64 Å². The van der Waals surface area contributed by atoms with Crippen molar-refractivity contribution < 1.29 is 19.1 Å². The minimum absolute atomic E-state index is 0.000870. The molecule has 0 N–H and O–H groups in total. The van der Waals surface area contributed by atoms with E-state index >= 15 is 0 Å². The van der Waals surface area contributed by atoms with Crippen molar-refractivity contribution in [2.75, 3.05) is 45.7 Å². The van der Waals surface area contributed by atoms with Crippen molar-refractivity contribution >= 4 is 23.4 Å². The van der Waals surface area contributed by atoms with Gasteiger partial charge in [-0.1, -0.05) is 54.6 Å². The first-order valence-electron chi connectivity index (χ1n) is 19.2. The number of likely N-dealkylation sites (N-methyl/N-ethyl adjacent to an activating group) is 1. The molecule has 0 fully saturated rings. The van der Waals surface area contributed by atoms with Crippen molar-refractivity contribution in [3.63, 3.8) is 0 Å². The maximum absolute atomic E-state index is 14.9. The van der Waals surface area contributed by atoms with Crippen molar-refractivity contribution in [2.45, 2.75) is 52.2 Å². The lowest BCUT2D eigenvalue weighted by molar-refractivity contribution is -0.131. The fourth-order valence-electron chi connectivity index (χ4n) is 7.78. The smallest absolute Gasteiger partial charge is 0.259 e. The Morgan fingerprint density at radius 2 is 1.51 bits per heavy atom.